The number of nitrogens with zero attached hydrogens (tertiary/aromatic N) is 3. The first-order chi connectivity index (χ1) is 33.1. The Morgan fingerprint density at radius 3 is 2.19 bits per heavy atom. The van der Waals surface area contributed by atoms with Crippen molar-refractivity contribution in [3.8, 4) is 45.1 Å². The maximum absolute atomic E-state index is 9.27. The van der Waals surface area contributed by atoms with E-state index in [0.29, 0.717) is 29.7 Å². The van der Waals surface area contributed by atoms with Gasteiger partial charge < -0.3 is 14.4 Å². The first-order valence-corrected chi connectivity index (χ1v) is 17.2. The second-order valence-electron chi connectivity index (χ2n) is 13.9. The number of benzene rings is 4. The van der Waals surface area contributed by atoms with E-state index in [-0.39, 0.29) is 104 Å². The molecule has 4 aromatic carbocycles. The summed E-state index contributed by atoms with van der Waals surface area (Å²) in [7, 11) is 0. The largest absolute Gasteiger partial charge is 0.484 e. The summed E-state index contributed by atoms with van der Waals surface area (Å²) < 4.78 is 158. The summed E-state index contributed by atoms with van der Waals surface area (Å²) in [5, 5.41) is 0. The van der Waals surface area contributed by atoms with Crippen LogP contribution < -0.4 is 0 Å². The van der Waals surface area contributed by atoms with Crippen molar-refractivity contribution in [2.24, 2.45) is 5.41 Å². The average Bonchev–Trinajstić information content (AvgIpc) is 3.73. The summed E-state index contributed by atoms with van der Waals surface area (Å²) in [5.74, 6) is -1.24. The van der Waals surface area contributed by atoms with E-state index in [1.54, 1.807) is 30.3 Å². The van der Waals surface area contributed by atoms with Crippen LogP contribution in [0.5, 0.6) is 0 Å². The number of aromatic nitrogens is 3. The third-order valence-electron chi connectivity index (χ3n) is 9.56. The first-order valence-electron chi connectivity index (χ1n) is 26.7. The second-order valence-corrected chi connectivity index (χ2v) is 13.9. The van der Waals surface area contributed by atoms with Gasteiger partial charge in [0, 0.05) is 69.6 Å². The Hall–Kier alpha value is -4.70. The molecule has 0 bridgehead atoms. The predicted molar refractivity (Wildman–Crippen MR) is 219 cm³/mol. The smallest absolute Gasteiger partial charge is 0.216 e. The van der Waals surface area contributed by atoms with Crippen LogP contribution >= 0.6 is 0 Å². The van der Waals surface area contributed by atoms with Crippen molar-refractivity contribution in [1.82, 2.24) is 15.0 Å². The van der Waals surface area contributed by atoms with Crippen molar-refractivity contribution in [3.05, 3.63) is 148 Å². The molecule has 7 aromatic rings. The van der Waals surface area contributed by atoms with E-state index >= 15 is 0 Å². The summed E-state index contributed by atoms with van der Waals surface area (Å²) in [6.07, 6.45) is 5.19. The maximum atomic E-state index is 9.27. The van der Waals surface area contributed by atoms with E-state index in [2.05, 4.69) is 40.9 Å². The number of fused-ring (bicyclic) bond motifs is 1. The van der Waals surface area contributed by atoms with Gasteiger partial charge in [-0.15, -0.1) is 53.6 Å². The molecule has 8 rings (SSSR count). The zero-order chi connectivity index (χ0) is 53.2. The van der Waals surface area contributed by atoms with Crippen LogP contribution in [0.1, 0.15) is 110 Å². The Kier molecular flexibility index (Phi) is 6.48. The molecule has 1 saturated carbocycles. The van der Waals surface area contributed by atoms with Crippen LogP contribution in [0, 0.1) is 58.7 Å². The molecule has 277 valence electrons. The summed E-state index contributed by atoms with van der Waals surface area (Å²) in [6, 6.07) is 26.7. The topological polar surface area (TPSA) is 51.8 Å². The molecule has 3 aromatic heterocycles. The van der Waals surface area contributed by atoms with E-state index < -0.39 is 47.0 Å². The summed E-state index contributed by atoms with van der Waals surface area (Å²) in [4.78, 5) is 13.0. The Morgan fingerprint density at radius 1 is 0.741 bits per heavy atom. The van der Waals surface area contributed by atoms with E-state index in [1.165, 1.54) is 60.8 Å². The predicted octanol–water partition coefficient (Wildman–Crippen LogP) is 13.1. The normalized spacial score (nSPS) is 21.1. The van der Waals surface area contributed by atoms with Gasteiger partial charge in [-0.25, -0.2) is 4.98 Å². The van der Waals surface area contributed by atoms with Gasteiger partial charge in [0.1, 0.15) is 0 Å². The van der Waals surface area contributed by atoms with Crippen LogP contribution in [0.25, 0.3) is 56.2 Å². The van der Waals surface area contributed by atoms with Gasteiger partial charge in [-0.1, -0.05) is 80.9 Å². The zero-order valence-electron chi connectivity index (χ0n) is 48.6. The molecule has 3 heterocycles. The summed E-state index contributed by atoms with van der Waals surface area (Å²) >= 11 is 0. The average molecular weight is 907 g/mol. The third kappa shape index (κ3) is 8.49. The minimum Gasteiger partial charge on any atom is -0.484 e. The van der Waals surface area contributed by atoms with E-state index in [4.69, 9.17) is 29.1 Å². The SMILES string of the molecule is [2H]C([2H])([2H])c1c[c-]c(-c2ccc(C([2H])([2H])[2H])cn2)cc1.[2H]C([2H])([2H])c1cnc(-c2[c-]ccc3nc(-c4c(C([2H])([2H])[2H])cccc4C([2H])([2H])[2H])oc23)cc1-c1ccc(C2([2H])CCC(C)(C)CC2)cc1C([2H])([2H])[2H].[Ir]. The standard InChI is InChI=1S/C36H37N2O.C13H12N.Ir/c1-22-9-7-10-23(2)33(22)35-38-31-12-8-11-29(34(31)39-35)32-20-30(25(4)21-37-32)28-14-13-27(19-24(28)3)26-15-17-36(5,6)18-16-26;1-10-3-6-12(7-4-10)13-8-5-11(2)9-14-13;/h7-10,12-14,19-21,26H,15-18H2,1-6H3;3-6,8-9H,1-2H3;/q2*-1;/i1D3,2D3,3D3,4D3,26D;1D3,2D3;. The van der Waals surface area contributed by atoms with Crippen molar-refractivity contribution in [3.63, 3.8) is 0 Å². The molecule has 0 unspecified atom stereocenters. The Morgan fingerprint density at radius 2 is 1.50 bits per heavy atom. The van der Waals surface area contributed by atoms with E-state index in [0.717, 1.165) is 19.0 Å². The fraction of sp³-hybridized carbons (Fsp3) is 0.286. The van der Waals surface area contributed by atoms with Gasteiger partial charge in [0.15, 0.2) is 0 Å². The zero-order valence-corrected chi connectivity index (χ0v) is 32.0. The first kappa shape index (κ1) is 21.4. The molecule has 0 amide bonds. The summed E-state index contributed by atoms with van der Waals surface area (Å²) in [6.45, 7) is -10.8. The molecule has 4 nitrogen and oxygen atoms in total. The van der Waals surface area contributed by atoms with Gasteiger partial charge in [-0.3, -0.25) is 0 Å². The Balaban J connectivity index is 0.000000347. The molecular weight excluding hydrogens is 839 g/mol. The van der Waals surface area contributed by atoms with Crippen LogP contribution in [0.4, 0.5) is 0 Å². The second kappa shape index (κ2) is 16.3. The molecule has 0 saturated heterocycles. The van der Waals surface area contributed by atoms with E-state index in [9.17, 15) is 1.37 Å². The molecule has 0 aliphatic heterocycles. The van der Waals surface area contributed by atoms with Gasteiger partial charge >= 0.3 is 0 Å². The maximum Gasteiger partial charge on any atom is 0.216 e. The van der Waals surface area contributed by atoms with Crippen molar-refractivity contribution >= 4 is 11.1 Å². The minimum atomic E-state index is -2.70. The van der Waals surface area contributed by atoms with Gasteiger partial charge in [-0.05, 0) is 127 Å². The van der Waals surface area contributed by atoms with Crippen LogP contribution in [-0.2, 0) is 20.1 Å². The third-order valence-corrected chi connectivity index (χ3v) is 9.56. The molecule has 1 aliphatic rings. The number of pyridine rings is 2. The molecule has 54 heavy (non-hydrogen) atoms. The van der Waals surface area contributed by atoms with Gasteiger partial charge in [0.25, 0.3) is 0 Å². The molecule has 0 spiro atoms. The van der Waals surface area contributed by atoms with Crippen LogP contribution in [0.2, 0.25) is 0 Å². The van der Waals surface area contributed by atoms with Crippen molar-refractivity contribution in [1.29, 1.82) is 0 Å². The molecule has 5 heteroatoms. The number of hydrogen-bond acceptors (Lipinski definition) is 4. The molecule has 1 radical (unpaired) electrons. The molecular formula is C49H49IrN3O-2. The Labute approximate surface area is 361 Å². The van der Waals surface area contributed by atoms with Crippen LogP contribution in [0.15, 0.2) is 102 Å². The fourth-order valence-electron chi connectivity index (χ4n) is 6.44. The van der Waals surface area contributed by atoms with Crippen molar-refractivity contribution in [2.75, 3.05) is 0 Å². The van der Waals surface area contributed by atoms with Gasteiger partial charge in [0.2, 0.25) is 5.89 Å². The van der Waals surface area contributed by atoms with Crippen LogP contribution in [0.3, 0.4) is 0 Å². The van der Waals surface area contributed by atoms with Crippen molar-refractivity contribution < 1.29 is 50.6 Å². The molecule has 0 N–H and O–H groups in total. The summed E-state index contributed by atoms with van der Waals surface area (Å²) in [5.41, 5.74) is 2.13. The molecule has 1 fully saturated rings. The van der Waals surface area contributed by atoms with E-state index in [1.807, 2.05) is 0 Å². The quantitative estimate of drug-likeness (QED) is 0.162. The van der Waals surface area contributed by atoms with Gasteiger partial charge in [-0.2, -0.15) is 0 Å². The van der Waals surface area contributed by atoms with Crippen LogP contribution in [-0.4, -0.2) is 15.0 Å². The molecule has 0 atom stereocenters. The number of oxazole rings is 1. The number of rotatable bonds is 5. The number of hydrogen-bond donors (Lipinski definition) is 0. The Bertz CT molecular complexity index is 2990. The van der Waals surface area contributed by atoms with Crippen molar-refractivity contribution in [2.45, 2.75) is 86.5 Å². The van der Waals surface area contributed by atoms with Gasteiger partial charge in [0.05, 0.1) is 5.58 Å². The fourth-order valence-corrected chi connectivity index (χ4v) is 6.44. The molecule has 1 aliphatic carbocycles. The monoisotopic (exact) mass is 907 g/mol. The minimum absolute atomic E-state index is 0. The number of aryl methyl sites for hydroxylation is 6.